The molecule has 0 amide bonds. The minimum atomic E-state index is -1.02. The number of methoxy groups -OCH3 is 1. The molecule has 0 radical (unpaired) electrons. The van der Waals surface area contributed by atoms with Gasteiger partial charge >= 0.3 is 35.0 Å². The number of ether oxygens (including phenoxy) is 2. The Morgan fingerprint density at radius 2 is 1.78 bits per heavy atom. The molecule has 3 N–H and O–H groups in total. The zero-order chi connectivity index (χ0) is 35.3. The Bertz CT molecular complexity index is 2190. The van der Waals surface area contributed by atoms with Crippen LogP contribution in [0.5, 0.6) is 0 Å². The van der Waals surface area contributed by atoms with Crippen LogP contribution in [0.2, 0.25) is 0 Å². The summed E-state index contributed by atoms with van der Waals surface area (Å²) >= 11 is 0. The third kappa shape index (κ3) is 6.32. The molecule has 1 fully saturated rings. The average molecular weight is 687 g/mol. The van der Waals surface area contributed by atoms with Gasteiger partial charge in [0.25, 0.3) is 0 Å². The van der Waals surface area contributed by atoms with Crippen LogP contribution < -0.4 is 26.3 Å². The number of aliphatic hydroxyl groups excluding tert-OH is 1. The van der Waals surface area contributed by atoms with E-state index in [0.717, 1.165) is 67.7 Å². The Morgan fingerprint density at radius 3 is 2.44 bits per heavy atom. The van der Waals surface area contributed by atoms with Crippen molar-refractivity contribution in [2.45, 2.75) is 73.8 Å². The predicted octanol–water partition coefficient (Wildman–Crippen LogP) is 3.98. The molecule has 258 valence electrons. The Morgan fingerprint density at radius 1 is 1.04 bits per heavy atom. The molecule has 6 rings (SSSR count). The fourth-order valence-electron chi connectivity index (χ4n) is 7.74. The van der Waals surface area contributed by atoms with Crippen LogP contribution in [0.4, 0.5) is 0 Å². The summed E-state index contributed by atoms with van der Waals surface area (Å²) in [5.41, 5.74) is 10.1. The third-order valence-corrected chi connectivity index (χ3v) is 10.6. The van der Waals surface area contributed by atoms with Crippen LogP contribution in [0.15, 0.2) is 23.9 Å². The van der Waals surface area contributed by atoms with Gasteiger partial charge in [-0.25, -0.2) is 0 Å². The average Bonchev–Trinajstić information content (AvgIpc) is 3.80. The van der Waals surface area contributed by atoms with Gasteiger partial charge in [0, 0.05) is 33.4 Å². The number of esters is 2. The van der Waals surface area contributed by atoms with E-state index in [-0.39, 0.29) is 59.6 Å². The Kier molecular flexibility index (Phi) is 10.8. The molecule has 10 heteroatoms. The Labute approximate surface area is 309 Å². The van der Waals surface area contributed by atoms with Crippen molar-refractivity contribution >= 4 is 70.6 Å². The van der Waals surface area contributed by atoms with Gasteiger partial charge in [-0.05, 0) is 99.3 Å². The van der Waals surface area contributed by atoms with Gasteiger partial charge in [0.1, 0.15) is 18.3 Å². The van der Waals surface area contributed by atoms with E-state index >= 15 is 0 Å². The molecule has 3 aromatic rings. The number of hydrogen-bond acceptors (Lipinski definition) is 5. The zero-order valence-corrected chi connectivity index (χ0v) is 31.8. The molecule has 9 nitrogen and oxygen atoms in total. The van der Waals surface area contributed by atoms with E-state index in [2.05, 4.69) is 49.5 Å². The number of carbonyl (C=O) groups excluding carboxylic acids is 2. The summed E-state index contributed by atoms with van der Waals surface area (Å²) in [5, 5.41) is 20.3. The van der Waals surface area contributed by atoms with Crippen LogP contribution in [-0.2, 0) is 25.5 Å². The van der Waals surface area contributed by atoms with E-state index in [1.54, 1.807) is 0 Å². The van der Waals surface area contributed by atoms with Crippen molar-refractivity contribution in [1.29, 1.82) is 0 Å². The van der Waals surface area contributed by atoms with Crippen molar-refractivity contribution in [3.05, 3.63) is 95.4 Å². The number of hydrogen-bond donors (Lipinski definition) is 3. The maximum Gasteiger partial charge on any atom is 2.00 e. The molecule has 8 bridgehead atoms. The maximum atomic E-state index is 13.4. The summed E-state index contributed by atoms with van der Waals surface area (Å²) in [4.78, 5) is 38.6. The van der Waals surface area contributed by atoms with Gasteiger partial charge < -0.3 is 34.8 Å². The molecule has 3 aliphatic rings. The van der Waals surface area contributed by atoms with Crippen LogP contribution in [-0.4, -0.2) is 69.8 Å². The molecule has 1 aliphatic carbocycles. The minimum Gasteiger partial charge on any atom is -0.681 e. The van der Waals surface area contributed by atoms with E-state index in [1.165, 1.54) is 12.7 Å². The molecule has 50 heavy (non-hydrogen) atoms. The van der Waals surface area contributed by atoms with Crippen LogP contribution in [0.1, 0.15) is 85.4 Å². The van der Waals surface area contributed by atoms with Gasteiger partial charge in [0.05, 0.1) is 7.11 Å². The fourth-order valence-corrected chi connectivity index (χ4v) is 7.74. The Balaban J connectivity index is 0.00000486. The van der Waals surface area contributed by atoms with Crippen LogP contribution in [0.3, 0.4) is 0 Å². The first kappa shape index (κ1) is 37.1. The quantitative estimate of drug-likeness (QED) is 0.187. The monoisotopic (exact) mass is 686 g/mol. The van der Waals surface area contributed by atoms with Crippen molar-refractivity contribution in [3.8, 4) is 0 Å². The second kappa shape index (κ2) is 14.6. The zero-order valence-electron chi connectivity index (χ0n) is 30.4. The van der Waals surface area contributed by atoms with E-state index in [0.29, 0.717) is 22.6 Å². The molecule has 0 aromatic carbocycles. The predicted molar refractivity (Wildman–Crippen MR) is 199 cm³/mol. The minimum absolute atomic E-state index is 0. The molecular formula is C40H46MgN4O5. The van der Waals surface area contributed by atoms with Gasteiger partial charge in [-0.15, -0.1) is 11.4 Å². The normalized spacial score (nSPS) is 22.6. The molecule has 1 unspecified atom stereocenters. The fraction of sp³-hybridized carbons (Fsp3) is 0.400. The number of aromatic amines is 2. The second-order valence-corrected chi connectivity index (χ2v) is 13.6. The molecule has 1 saturated heterocycles. The Hall–Kier alpha value is -4.15. The molecule has 4 atom stereocenters. The summed E-state index contributed by atoms with van der Waals surface area (Å²) in [5.74, 6) is -2.19. The van der Waals surface area contributed by atoms with Crippen molar-refractivity contribution in [3.63, 3.8) is 0 Å². The van der Waals surface area contributed by atoms with Crippen LogP contribution >= 0.6 is 0 Å². The summed E-state index contributed by atoms with van der Waals surface area (Å²) < 4.78 is 10.8. The number of nitrogens with zero attached hydrogens (tertiary/aromatic N) is 2. The molecule has 2 aliphatic heterocycles. The van der Waals surface area contributed by atoms with Gasteiger partial charge in [-0.3, -0.25) is 9.59 Å². The second-order valence-electron chi connectivity index (χ2n) is 13.6. The van der Waals surface area contributed by atoms with E-state index < -0.39 is 17.9 Å². The van der Waals surface area contributed by atoms with Crippen LogP contribution in [0.25, 0.3) is 41.0 Å². The van der Waals surface area contributed by atoms with Crippen molar-refractivity contribution in [2.24, 2.45) is 17.8 Å². The van der Waals surface area contributed by atoms with Gasteiger partial charge in [0.2, 0.25) is 0 Å². The van der Waals surface area contributed by atoms with Gasteiger partial charge in [0.15, 0.2) is 0 Å². The van der Waals surface area contributed by atoms with Crippen molar-refractivity contribution < 1.29 is 24.2 Å². The summed E-state index contributed by atoms with van der Waals surface area (Å²) in [6.07, 6.45) is 11.4. The van der Waals surface area contributed by atoms with Crippen molar-refractivity contribution in [2.75, 3.05) is 13.7 Å². The first-order chi connectivity index (χ1) is 23.4. The number of aromatic nitrogens is 3. The number of carbonyl (C=O) groups is 2. The van der Waals surface area contributed by atoms with Crippen molar-refractivity contribution in [1.82, 2.24) is 15.0 Å². The first-order valence-corrected chi connectivity index (χ1v) is 17.1. The largest absolute Gasteiger partial charge is 2.00 e. The number of fused-ring (bicyclic) bond motifs is 8. The molecule has 5 heterocycles. The summed E-state index contributed by atoms with van der Waals surface area (Å²) in [7, 11) is 1.33. The number of allylic oxidation sites excluding steroid dienone is 2. The van der Waals surface area contributed by atoms with E-state index in [4.69, 9.17) is 19.8 Å². The van der Waals surface area contributed by atoms with Crippen LogP contribution in [0, 0.1) is 38.5 Å². The molecular weight excluding hydrogens is 641 g/mol. The molecule has 0 saturated carbocycles. The number of rotatable bonds is 8. The van der Waals surface area contributed by atoms with E-state index in [1.807, 2.05) is 45.9 Å². The number of H-pyrrole nitrogens is 2. The topological polar surface area (TPSA) is 133 Å². The summed E-state index contributed by atoms with van der Waals surface area (Å²) in [6, 6.07) is -0.524. The molecule has 0 spiro atoms. The van der Waals surface area contributed by atoms with E-state index in [9.17, 15) is 14.7 Å². The number of aliphatic hydroxyl groups is 1. The van der Waals surface area contributed by atoms with Gasteiger partial charge in [-0.1, -0.05) is 55.8 Å². The third-order valence-electron chi connectivity index (χ3n) is 10.6. The SMILES string of the molecule is C=Cc1c2[n-]c(c1C)/C=C1/[N-]C(C3=c4[nH]c(c(C)c4=C(O)[C@@H]3C(=O)OC)/C=c3\[nH]/c(c(C)c3CC)=C\2)[C@@H](CCC(=O)OCC=C(C)C)[C@@H]1C.[Mg+2]. The first-order valence-electron chi connectivity index (χ1n) is 17.1. The molecule has 3 aromatic heterocycles. The van der Waals surface area contributed by atoms with Gasteiger partial charge in [-0.2, -0.15) is 5.70 Å². The standard InChI is InChI=1S/C40H46N4O5.Mg/c1-10-24-20(5)27-16-29-22(7)26(12-13-33(45)49-15-14-19(3)4)37(43-29)35-36(40(47)48-9)39(46)34-23(8)30(44-38(34)35)18-32-25(11-2)21(6)28(42-32)17-31(24)41-27;/h10,14,16-18,22,26,36-37,42,44,46H,1,11-13,15H2,2-9H3;/q-2;+2/b28-17-,29-16+,32-18-;/t22-,26-,36+,37?;/m0./s1. The maximum absolute atomic E-state index is 13.4. The smallest absolute Gasteiger partial charge is 0.681 e. The number of nitrogens with one attached hydrogen (secondary N) is 2. The summed E-state index contributed by atoms with van der Waals surface area (Å²) in [6.45, 7) is 18.6.